The molecule has 0 aromatic heterocycles. The molecule has 2 unspecified atom stereocenters. The molecule has 0 spiro atoms. The maximum Gasteiger partial charge on any atom is 0.305 e. The van der Waals surface area contributed by atoms with E-state index in [9.17, 15) is 19.8 Å². The van der Waals surface area contributed by atoms with Crippen LogP contribution in [0.4, 0.5) is 0 Å². The van der Waals surface area contributed by atoms with Crippen molar-refractivity contribution in [1.29, 1.82) is 0 Å². The molecule has 0 aliphatic carbocycles. The Morgan fingerprint density at radius 2 is 0.573 bits per heavy atom. The lowest BCUT2D eigenvalue weighted by Crippen LogP contribution is -2.45. The fraction of sp³-hybridized carbons (Fsp3) is 0.947. The lowest BCUT2D eigenvalue weighted by atomic mass is 10.0. The van der Waals surface area contributed by atoms with Crippen LogP contribution in [0.25, 0.3) is 0 Å². The first-order valence-corrected chi connectivity index (χ1v) is 37.9. The average molecular weight is 1160 g/mol. The van der Waals surface area contributed by atoms with Gasteiger partial charge in [0.2, 0.25) is 5.91 Å². The van der Waals surface area contributed by atoms with E-state index < -0.39 is 12.1 Å². The summed E-state index contributed by atoms with van der Waals surface area (Å²) in [5.74, 6) is -0.0156. The van der Waals surface area contributed by atoms with Crippen LogP contribution in [0.15, 0.2) is 12.2 Å². The second-order valence-electron chi connectivity index (χ2n) is 26.3. The average Bonchev–Trinajstić information content (AvgIpc) is 3.48. The number of ether oxygens (including phenoxy) is 1. The molecule has 6 nitrogen and oxygen atoms in total. The van der Waals surface area contributed by atoms with Gasteiger partial charge in [0.1, 0.15) is 0 Å². The Bertz CT molecular complexity index is 1240. The molecule has 0 saturated heterocycles. The zero-order valence-corrected chi connectivity index (χ0v) is 56.0. The van der Waals surface area contributed by atoms with Crippen LogP contribution in [0.3, 0.4) is 0 Å². The summed E-state index contributed by atoms with van der Waals surface area (Å²) in [5.41, 5.74) is 0. The molecule has 6 heteroatoms. The van der Waals surface area contributed by atoms with Crippen molar-refractivity contribution in [3.8, 4) is 0 Å². The lowest BCUT2D eigenvalue weighted by Gasteiger charge is -2.22. The molecule has 0 aromatic rings. The first kappa shape index (κ1) is 80.6. The number of nitrogens with one attached hydrogen (secondary N) is 1. The normalized spacial score (nSPS) is 12.5. The van der Waals surface area contributed by atoms with Gasteiger partial charge in [-0.25, -0.2) is 0 Å². The minimum Gasteiger partial charge on any atom is -0.466 e. The van der Waals surface area contributed by atoms with E-state index in [1.165, 1.54) is 360 Å². The van der Waals surface area contributed by atoms with E-state index >= 15 is 0 Å². The van der Waals surface area contributed by atoms with Crippen LogP contribution in [0.5, 0.6) is 0 Å². The van der Waals surface area contributed by atoms with E-state index in [0.29, 0.717) is 25.9 Å². The molecule has 0 fully saturated rings. The van der Waals surface area contributed by atoms with Crippen LogP contribution >= 0.6 is 0 Å². The zero-order valence-electron chi connectivity index (χ0n) is 56.0. The van der Waals surface area contributed by atoms with Crippen molar-refractivity contribution in [3.05, 3.63) is 12.2 Å². The molecular formula is C76H149NO5. The van der Waals surface area contributed by atoms with Gasteiger partial charge in [0.25, 0.3) is 0 Å². The molecule has 3 N–H and O–H groups in total. The van der Waals surface area contributed by atoms with E-state index in [4.69, 9.17) is 4.74 Å². The van der Waals surface area contributed by atoms with Crippen molar-refractivity contribution in [2.75, 3.05) is 13.2 Å². The van der Waals surface area contributed by atoms with Crippen molar-refractivity contribution in [1.82, 2.24) is 5.32 Å². The first-order valence-electron chi connectivity index (χ1n) is 37.9. The van der Waals surface area contributed by atoms with E-state index in [1.807, 2.05) is 0 Å². The summed E-state index contributed by atoms with van der Waals surface area (Å²) in [6, 6.07) is -0.540. The Morgan fingerprint density at radius 1 is 0.329 bits per heavy atom. The number of unbranched alkanes of at least 4 members (excludes halogenated alkanes) is 59. The Morgan fingerprint density at radius 3 is 0.866 bits per heavy atom. The van der Waals surface area contributed by atoms with Crippen LogP contribution in [0.2, 0.25) is 0 Å². The topological polar surface area (TPSA) is 95.9 Å². The number of carbonyl (C=O) groups excluding carboxylic acids is 2. The molecule has 0 bridgehead atoms. The molecule has 0 radical (unpaired) electrons. The highest BCUT2D eigenvalue weighted by Crippen LogP contribution is 2.20. The number of aliphatic hydroxyl groups is 2. The van der Waals surface area contributed by atoms with Crippen molar-refractivity contribution >= 4 is 11.9 Å². The standard InChI is InChI=1S/C76H149NO5/c1-3-5-7-9-11-13-15-17-19-20-21-22-23-29-32-35-38-41-44-48-52-56-60-64-68-74(79)73(72-78)77-75(80)69-65-61-57-53-49-45-42-39-36-33-30-27-25-24-26-28-31-34-37-40-43-47-51-55-59-63-67-71-82-76(81)70-66-62-58-54-50-46-18-16-14-12-10-8-6-4-2/h16,18,73-74,78-79H,3-15,17,19-72H2,1-2H3,(H,77,80)/b18-16-. The lowest BCUT2D eigenvalue weighted by molar-refractivity contribution is -0.143. The van der Waals surface area contributed by atoms with Crippen LogP contribution in [0.1, 0.15) is 438 Å². The van der Waals surface area contributed by atoms with Gasteiger partial charge in [-0.3, -0.25) is 9.59 Å². The highest BCUT2D eigenvalue weighted by molar-refractivity contribution is 5.76. The molecule has 1 amide bonds. The van der Waals surface area contributed by atoms with Crippen molar-refractivity contribution in [2.24, 2.45) is 0 Å². The fourth-order valence-corrected chi connectivity index (χ4v) is 12.3. The second-order valence-corrected chi connectivity index (χ2v) is 26.3. The maximum absolute atomic E-state index is 12.6. The van der Waals surface area contributed by atoms with Gasteiger partial charge in [0.15, 0.2) is 0 Å². The van der Waals surface area contributed by atoms with Crippen molar-refractivity contribution in [3.63, 3.8) is 0 Å². The number of amides is 1. The van der Waals surface area contributed by atoms with Crippen LogP contribution in [-0.4, -0.2) is 47.4 Å². The van der Waals surface area contributed by atoms with E-state index in [2.05, 4.69) is 31.3 Å². The number of rotatable bonds is 72. The number of hydrogen-bond acceptors (Lipinski definition) is 5. The van der Waals surface area contributed by atoms with Gasteiger partial charge in [-0.05, 0) is 51.4 Å². The summed E-state index contributed by atoms with van der Waals surface area (Å²) in [4.78, 5) is 24.6. The number of allylic oxidation sites excluding steroid dienone is 2. The summed E-state index contributed by atoms with van der Waals surface area (Å²) >= 11 is 0. The summed E-state index contributed by atoms with van der Waals surface area (Å²) in [6.45, 7) is 4.99. The number of esters is 1. The molecule has 488 valence electrons. The molecule has 0 saturated carbocycles. The molecular weight excluding hydrogens is 1010 g/mol. The number of aliphatic hydroxyl groups excluding tert-OH is 2. The monoisotopic (exact) mass is 1160 g/mol. The summed E-state index contributed by atoms with van der Waals surface area (Å²) in [7, 11) is 0. The van der Waals surface area contributed by atoms with Gasteiger partial charge in [-0.2, -0.15) is 0 Å². The van der Waals surface area contributed by atoms with E-state index in [-0.39, 0.29) is 18.5 Å². The summed E-state index contributed by atoms with van der Waals surface area (Å²) < 4.78 is 5.49. The van der Waals surface area contributed by atoms with E-state index in [0.717, 1.165) is 44.9 Å². The predicted octanol–water partition coefficient (Wildman–Crippen LogP) is 24.7. The van der Waals surface area contributed by atoms with Crippen LogP contribution in [-0.2, 0) is 14.3 Å². The maximum atomic E-state index is 12.6. The Hall–Kier alpha value is -1.40. The highest BCUT2D eigenvalue weighted by Gasteiger charge is 2.20. The van der Waals surface area contributed by atoms with Gasteiger partial charge in [0, 0.05) is 12.8 Å². The quantitative estimate of drug-likeness (QED) is 0.0320. The van der Waals surface area contributed by atoms with Crippen LogP contribution < -0.4 is 5.32 Å². The Labute approximate surface area is 514 Å². The zero-order chi connectivity index (χ0) is 59.2. The molecule has 0 rings (SSSR count). The predicted molar refractivity (Wildman–Crippen MR) is 361 cm³/mol. The minimum atomic E-state index is -0.663. The number of carbonyl (C=O) groups is 2. The molecule has 0 aromatic carbocycles. The first-order chi connectivity index (χ1) is 40.5. The SMILES string of the molecule is CCCCCCC/C=C\CCCCCCCC(=O)OCCCCCCCCCCCCCCCCCCCCCCCCCCCCCC(=O)NC(CO)C(O)CCCCCCCCCCCCCCCCCCCCCCCCCC. The Kier molecular flexibility index (Phi) is 70.8. The largest absolute Gasteiger partial charge is 0.466 e. The molecule has 0 aliphatic rings. The van der Waals surface area contributed by atoms with Gasteiger partial charge in [-0.15, -0.1) is 0 Å². The Balaban J connectivity index is 3.35. The van der Waals surface area contributed by atoms with Gasteiger partial charge < -0.3 is 20.3 Å². The molecule has 2 atom stereocenters. The third-order valence-corrected chi connectivity index (χ3v) is 18.1. The van der Waals surface area contributed by atoms with Gasteiger partial charge >= 0.3 is 5.97 Å². The number of hydrogen-bond donors (Lipinski definition) is 3. The van der Waals surface area contributed by atoms with Crippen molar-refractivity contribution < 1.29 is 24.5 Å². The van der Waals surface area contributed by atoms with Crippen molar-refractivity contribution in [2.45, 2.75) is 450 Å². The second kappa shape index (κ2) is 72.1. The fourth-order valence-electron chi connectivity index (χ4n) is 12.3. The third-order valence-electron chi connectivity index (χ3n) is 18.1. The third kappa shape index (κ3) is 67.7. The smallest absolute Gasteiger partial charge is 0.305 e. The minimum absolute atomic E-state index is 0.0108. The van der Waals surface area contributed by atoms with Gasteiger partial charge in [0.05, 0.1) is 25.4 Å². The molecule has 0 aliphatic heterocycles. The molecule has 0 heterocycles. The summed E-state index contributed by atoms with van der Waals surface area (Å²) in [5, 5.41) is 23.5. The molecule has 82 heavy (non-hydrogen) atoms. The van der Waals surface area contributed by atoms with E-state index in [1.54, 1.807) is 0 Å². The van der Waals surface area contributed by atoms with Crippen LogP contribution in [0, 0.1) is 0 Å². The summed E-state index contributed by atoms with van der Waals surface area (Å²) in [6.07, 6.45) is 90.0. The highest BCUT2D eigenvalue weighted by atomic mass is 16.5. The van der Waals surface area contributed by atoms with Gasteiger partial charge in [-0.1, -0.05) is 386 Å².